The zero-order valence-corrected chi connectivity index (χ0v) is 13.5. The second kappa shape index (κ2) is 7.14. The van der Waals surface area contributed by atoms with Gasteiger partial charge >= 0.3 is 0 Å². The van der Waals surface area contributed by atoms with Crippen LogP contribution in [0.5, 0.6) is 0 Å². The van der Waals surface area contributed by atoms with Crippen LogP contribution in [0, 0.1) is 6.92 Å². The van der Waals surface area contributed by atoms with Crippen molar-refractivity contribution in [3.05, 3.63) is 40.4 Å². The first-order valence-electron chi connectivity index (χ1n) is 7.43. The Morgan fingerprint density at radius 3 is 2.70 bits per heavy atom. The van der Waals surface area contributed by atoms with E-state index in [-0.39, 0.29) is 0 Å². The maximum atomic E-state index is 6.25. The Hall–Kier alpha value is -0.990. The lowest BCUT2D eigenvalue weighted by molar-refractivity contribution is 0.240. The highest BCUT2D eigenvalue weighted by Crippen LogP contribution is 2.25. The number of aryl methyl sites for hydroxylation is 1. The Morgan fingerprint density at radius 2 is 2.05 bits per heavy atom. The highest BCUT2D eigenvalue weighted by molar-refractivity contribution is 6.33. The summed E-state index contributed by atoms with van der Waals surface area (Å²) in [4.78, 5) is 2.52. The number of rotatable bonds is 4. The molecule has 1 heterocycles. The summed E-state index contributed by atoms with van der Waals surface area (Å²) >= 11 is 6.25. The molecule has 0 unspecified atom stereocenters. The maximum Gasteiger partial charge on any atom is 0.0637 e. The highest BCUT2D eigenvalue weighted by Gasteiger charge is 2.18. The molecular weight excluding hydrogens is 268 g/mol. The molecule has 0 aromatic heterocycles. The number of piperidine rings is 1. The summed E-state index contributed by atoms with van der Waals surface area (Å²) in [5, 5.41) is 4.42. The molecular formula is C17H25ClN2. The fourth-order valence-electron chi connectivity index (χ4n) is 2.54. The lowest BCUT2D eigenvalue weighted by atomic mass is 10.0. The lowest BCUT2D eigenvalue weighted by Gasteiger charge is -2.32. The van der Waals surface area contributed by atoms with Crippen molar-refractivity contribution in [1.82, 2.24) is 4.90 Å². The molecule has 1 aromatic carbocycles. The molecule has 2 nitrogen and oxygen atoms in total. The second-order valence-electron chi connectivity index (χ2n) is 5.98. The normalized spacial score (nSPS) is 17.0. The molecule has 2 rings (SSSR count). The van der Waals surface area contributed by atoms with Crippen LogP contribution in [-0.4, -0.2) is 30.6 Å². The Kier molecular flexibility index (Phi) is 5.50. The average molecular weight is 293 g/mol. The van der Waals surface area contributed by atoms with Crippen LogP contribution in [0.4, 0.5) is 5.69 Å². The van der Waals surface area contributed by atoms with Crippen molar-refractivity contribution in [3.8, 4) is 0 Å². The van der Waals surface area contributed by atoms with Gasteiger partial charge in [-0.05, 0) is 51.3 Å². The van der Waals surface area contributed by atoms with Gasteiger partial charge in [0.15, 0.2) is 0 Å². The van der Waals surface area contributed by atoms with Crippen LogP contribution in [-0.2, 0) is 0 Å². The summed E-state index contributed by atoms with van der Waals surface area (Å²) in [6.07, 6.45) is 4.67. The molecule has 110 valence electrons. The van der Waals surface area contributed by atoms with Gasteiger partial charge in [-0.1, -0.05) is 29.3 Å². The fourth-order valence-corrected chi connectivity index (χ4v) is 2.71. The third-order valence-electron chi connectivity index (χ3n) is 3.83. The molecule has 0 atom stereocenters. The number of likely N-dealkylation sites (tertiary alicyclic amines) is 1. The summed E-state index contributed by atoms with van der Waals surface area (Å²) in [7, 11) is 0. The summed E-state index contributed by atoms with van der Waals surface area (Å²) < 4.78 is 0. The molecule has 0 bridgehead atoms. The average Bonchev–Trinajstić information content (AvgIpc) is 2.42. The van der Waals surface area contributed by atoms with Crippen molar-refractivity contribution >= 4 is 17.3 Å². The predicted molar refractivity (Wildman–Crippen MR) is 88.7 cm³/mol. The first kappa shape index (κ1) is 15.4. The van der Waals surface area contributed by atoms with Crippen molar-refractivity contribution in [3.63, 3.8) is 0 Å². The predicted octanol–water partition coefficient (Wildman–Crippen LogP) is 4.49. The van der Waals surface area contributed by atoms with E-state index in [4.69, 9.17) is 11.6 Å². The van der Waals surface area contributed by atoms with Gasteiger partial charge in [0, 0.05) is 25.7 Å². The van der Waals surface area contributed by atoms with Gasteiger partial charge in [0.25, 0.3) is 0 Å². The Balaban J connectivity index is 1.85. The van der Waals surface area contributed by atoms with Crippen molar-refractivity contribution in [2.24, 2.45) is 0 Å². The van der Waals surface area contributed by atoms with Crippen LogP contribution in [0.25, 0.3) is 0 Å². The van der Waals surface area contributed by atoms with E-state index in [0.29, 0.717) is 6.04 Å². The molecule has 3 heteroatoms. The van der Waals surface area contributed by atoms with E-state index in [9.17, 15) is 0 Å². The van der Waals surface area contributed by atoms with Crippen molar-refractivity contribution in [2.75, 3.05) is 25.0 Å². The molecule has 1 aliphatic heterocycles. The van der Waals surface area contributed by atoms with Crippen molar-refractivity contribution in [2.45, 2.75) is 39.7 Å². The van der Waals surface area contributed by atoms with Crippen LogP contribution < -0.4 is 5.32 Å². The quantitative estimate of drug-likeness (QED) is 0.823. The third kappa shape index (κ3) is 4.53. The Morgan fingerprint density at radius 1 is 1.35 bits per heavy atom. The van der Waals surface area contributed by atoms with E-state index >= 15 is 0 Å². The van der Waals surface area contributed by atoms with E-state index in [1.54, 1.807) is 0 Å². The molecule has 0 saturated carbocycles. The van der Waals surface area contributed by atoms with Gasteiger partial charge in [-0.25, -0.2) is 0 Å². The Bertz CT molecular complexity index is 470. The smallest absolute Gasteiger partial charge is 0.0637 e. The van der Waals surface area contributed by atoms with Gasteiger partial charge in [-0.2, -0.15) is 0 Å². The van der Waals surface area contributed by atoms with Crippen LogP contribution >= 0.6 is 11.6 Å². The molecule has 1 fully saturated rings. The van der Waals surface area contributed by atoms with Crippen molar-refractivity contribution < 1.29 is 0 Å². The van der Waals surface area contributed by atoms with Crippen molar-refractivity contribution in [1.29, 1.82) is 0 Å². The van der Waals surface area contributed by atoms with E-state index in [1.165, 1.54) is 24.0 Å². The van der Waals surface area contributed by atoms with E-state index < -0.39 is 0 Å². The zero-order chi connectivity index (χ0) is 14.5. The van der Waals surface area contributed by atoms with Gasteiger partial charge in [-0.15, -0.1) is 0 Å². The first-order valence-corrected chi connectivity index (χ1v) is 7.81. The number of nitrogens with one attached hydrogen (secondary N) is 1. The van der Waals surface area contributed by atoms with Gasteiger partial charge in [-0.3, -0.25) is 4.90 Å². The number of hydrogen-bond acceptors (Lipinski definition) is 2. The molecule has 0 radical (unpaired) electrons. The van der Waals surface area contributed by atoms with E-state index in [1.807, 2.05) is 6.07 Å². The summed E-state index contributed by atoms with van der Waals surface area (Å²) in [5.74, 6) is 0. The minimum absolute atomic E-state index is 0.539. The van der Waals surface area contributed by atoms with Crippen LogP contribution in [0.1, 0.15) is 32.3 Å². The van der Waals surface area contributed by atoms with E-state index in [0.717, 1.165) is 30.3 Å². The molecule has 20 heavy (non-hydrogen) atoms. The molecule has 1 aliphatic rings. The molecule has 0 spiro atoms. The number of hydrogen-bond donors (Lipinski definition) is 1. The lowest BCUT2D eigenvalue weighted by Crippen LogP contribution is -2.39. The van der Waals surface area contributed by atoms with Crippen LogP contribution in [0.2, 0.25) is 5.02 Å². The SMILES string of the molecule is CC(C)=CCN1CCC(Nc2cc(C)ccc2Cl)CC1. The topological polar surface area (TPSA) is 15.3 Å². The van der Waals surface area contributed by atoms with E-state index in [2.05, 4.69) is 49.2 Å². The van der Waals surface area contributed by atoms with Crippen LogP contribution in [0.15, 0.2) is 29.8 Å². The third-order valence-corrected chi connectivity index (χ3v) is 4.16. The molecule has 1 aromatic rings. The van der Waals surface area contributed by atoms with Gasteiger partial charge in [0.05, 0.1) is 10.7 Å². The van der Waals surface area contributed by atoms with Crippen LogP contribution in [0.3, 0.4) is 0 Å². The number of benzene rings is 1. The monoisotopic (exact) mass is 292 g/mol. The summed E-state index contributed by atoms with van der Waals surface area (Å²) in [6, 6.07) is 6.70. The standard InChI is InChI=1S/C17H25ClN2/c1-13(2)6-9-20-10-7-15(8-11-20)19-17-12-14(3)4-5-16(17)18/h4-6,12,15,19H,7-11H2,1-3H3. The number of halogens is 1. The first-order chi connectivity index (χ1) is 9.54. The number of nitrogens with zero attached hydrogens (tertiary/aromatic N) is 1. The summed E-state index contributed by atoms with van der Waals surface area (Å²) in [5.41, 5.74) is 3.73. The van der Waals surface area contributed by atoms with Gasteiger partial charge < -0.3 is 5.32 Å². The minimum Gasteiger partial charge on any atom is -0.381 e. The molecule has 0 amide bonds. The number of allylic oxidation sites excluding steroid dienone is 1. The zero-order valence-electron chi connectivity index (χ0n) is 12.7. The second-order valence-corrected chi connectivity index (χ2v) is 6.39. The minimum atomic E-state index is 0.539. The highest BCUT2D eigenvalue weighted by atomic mass is 35.5. The fraction of sp³-hybridized carbons (Fsp3) is 0.529. The number of anilines is 1. The Labute approximate surface area is 127 Å². The van der Waals surface area contributed by atoms with Gasteiger partial charge in [0.2, 0.25) is 0 Å². The maximum absolute atomic E-state index is 6.25. The molecule has 1 N–H and O–H groups in total. The molecule has 0 aliphatic carbocycles. The molecule has 1 saturated heterocycles. The van der Waals surface area contributed by atoms with Gasteiger partial charge in [0.1, 0.15) is 0 Å². The largest absolute Gasteiger partial charge is 0.381 e. The summed E-state index contributed by atoms with van der Waals surface area (Å²) in [6.45, 7) is 9.82.